The molecule has 27 rings (SSSR count). The van der Waals surface area contributed by atoms with E-state index in [-0.39, 0.29) is 0 Å². The third-order valence-electron chi connectivity index (χ3n) is 23.7. The van der Waals surface area contributed by atoms with Crippen LogP contribution < -0.4 is 0 Å². The summed E-state index contributed by atoms with van der Waals surface area (Å²) >= 11 is 5.03. The molecule has 123 heavy (non-hydrogen) atoms. The van der Waals surface area contributed by atoms with Crippen molar-refractivity contribution in [1.82, 2.24) is 72.3 Å². The zero-order valence-electron chi connectivity index (χ0n) is 65.3. The monoisotopic (exact) mass is 1630 g/mol. The van der Waals surface area contributed by atoms with Crippen LogP contribution in [-0.4, -0.2) is 72.3 Å². The van der Waals surface area contributed by atoms with Gasteiger partial charge in [-0.25, -0.2) is 15.0 Å². The summed E-state index contributed by atoms with van der Waals surface area (Å²) in [6.45, 7) is 0. The molecular weight excluding hydrogens is 1570 g/mol. The van der Waals surface area contributed by atoms with E-state index in [1.165, 1.54) is 81.9 Å². The average molecular weight is 1630 g/mol. The molecule has 15 aromatic heterocycles. The molecule has 0 N–H and O–H groups in total. The molecule has 12 aromatic carbocycles. The Morgan fingerprint density at radius 1 is 0.195 bits per heavy atom. The Balaban J connectivity index is 0.000000101. The van der Waals surface area contributed by atoms with E-state index in [4.69, 9.17) is 29.9 Å². The largest absolute Gasteiger partial charge is 0.309 e. The van der Waals surface area contributed by atoms with Crippen LogP contribution in [0.5, 0.6) is 0 Å². The van der Waals surface area contributed by atoms with Gasteiger partial charge in [-0.05, 0) is 200 Å². The van der Waals surface area contributed by atoms with E-state index in [2.05, 4.69) is 334 Å². The average Bonchev–Trinajstić information content (AvgIpc) is 1.57. The molecule has 0 aliphatic carbocycles. The predicted octanol–water partition coefficient (Wildman–Crippen LogP) is 26.8. The highest BCUT2D eigenvalue weighted by Crippen LogP contribution is 2.45. The van der Waals surface area contributed by atoms with Gasteiger partial charge in [-0.2, -0.15) is 0 Å². The lowest BCUT2D eigenvalue weighted by atomic mass is 10.1. The van der Waals surface area contributed by atoms with E-state index in [1.807, 2.05) is 79.8 Å². The summed E-state index contributed by atoms with van der Waals surface area (Å²) in [5.41, 5.74) is 28.4. The van der Waals surface area contributed by atoms with Crippen molar-refractivity contribution in [3.8, 4) is 66.0 Å². The van der Waals surface area contributed by atoms with Crippen molar-refractivity contribution in [2.24, 2.45) is 0 Å². The number of para-hydroxylation sites is 7. The Hall–Kier alpha value is -16.0. The van der Waals surface area contributed by atoms with Crippen molar-refractivity contribution in [2.45, 2.75) is 0 Å². The fourth-order valence-electron chi connectivity index (χ4n) is 18.3. The first-order chi connectivity index (χ1) is 61.0. The quantitative estimate of drug-likeness (QED) is 0.138. The van der Waals surface area contributed by atoms with Crippen molar-refractivity contribution in [3.63, 3.8) is 0 Å². The zero-order chi connectivity index (χ0) is 80.7. The SMILES string of the molecule is c1ccc(-n2c3cc4c5ncccc5n(-c5ccc(-c6nc7cnccc7s6)cc5)c4cc3c3ncccc32)cc1.c1ccc(-n2c3ccccc3c3cc4c(cc32)c2ccccc2n4-c2ccc(-c3nc4cnccc4s3)cc2)cc1.c1ccc(-n2c3ccccc3c3cc4c(cc32)c2ccccc2n4-c2ccc(-c3nc4cnccc4s3)nc2)cc1. The highest BCUT2D eigenvalue weighted by atomic mass is 32.1. The molecule has 0 bridgehead atoms. The van der Waals surface area contributed by atoms with Gasteiger partial charge in [0.1, 0.15) is 31.6 Å². The number of fused-ring (bicyclic) bond motifs is 21. The normalized spacial score (nSPS) is 11.9. The molecule has 576 valence electrons. The van der Waals surface area contributed by atoms with Crippen LogP contribution in [0.3, 0.4) is 0 Å². The van der Waals surface area contributed by atoms with Gasteiger partial charge >= 0.3 is 0 Å². The first-order valence-electron chi connectivity index (χ1n) is 40.6. The summed E-state index contributed by atoms with van der Waals surface area (Å²) in [4.78, 5) is 41.5. The van der Waals surface area contributed by atoms with Crippen molar-refractivity contribution in [3.05, 3.63) is 383 Å². The minimum atomic E-state index is 0.865. The van der Waals surface area contributed by atoms with E-state index in [9.17, 15) is 0 Å². The van der Waals surface area contributed by atoms with Gasteiger partial charge in [-0.3, -0.25) is 29.9 Å². The second-order valence-corrected chi connectivity index (χ2v) is 33.7. The second kappa shape index (κ2) is 28.4. The summed E-state index contributed by atoms with van der Waals surface area (Å²) < 4.78 is 17.5. The van der Waals surface area contributed by atoms with Crippen LogP contribution in [0.2, 0.25) is 0 Å². The Morgan fingerprint density at radius 2 is 0.488 bits per heavy atom. The third-order valence-corrected chi connectivity index (χ3v) is 26.9. The van der Waals surface area contributed by atoms with Gasteiger partial charge in [0.2, 0.25) is 0 Å². The predicted molar refractivity (Wildman–Crippen MR) is 508 cm³/mol. The Kier molecular flexibility index (Phi) is 16.2. The van der Waals surface area contributed by atoms with E-state index >= 15 is 0 Å². The van der Waals surface area contributed by atoms with Crippen molar-refractivity contribution in [1.29, 1.82) is 0 Å². The third kappa shape index (κ3) is 11.4. The molecule has 0 aliphatic heterocycles. The molecule has 0 fully saturated rings. The first-order valence-corrected chi connectivity index (χ1v) is 43.0. The highest BCUT2D eigenvalue weighted by Gasteiger charge is 2.25. The van der Waals surface area contributed by atoms with E-state index in [1.54, 1.807) is 46.4 Å². The maximum Gasteiger partial charge on any atom is 0.143 e. The van der Waals surface area contributed by atoms with Crippen LogP contribution in [-0.2, 0) is 0 Å². The number of hydrogen-bond donors (Lipinski definition) is 0. The van der Waals surface area contributed by atoms with Gasteiger partial charge in [-0.1, -0.05) is 127 Å². The molecule has 0 aliphatic rings. The smallest absolute Gasteiger partial charge is 0.143 e. The maximum atomic E-state index is 4.87. The minimum Gasteiger partial charge on any atom is -0.309 e. The van der Waals surface area contributed by atoms with Crippen molar-refractivity contribution in [2.75, 3.05) is 0 Å². The van der Waals surface area contributed by atoms with Gasteiger partial charge in [0.15, 0.2) is 0 Å². The zero-order valence-corrected chi connectivity index (χ0v) is 67.8. The summed E-state index contributed by atoms with van der Waals surface area (Å²) in [7, 11) is 0. The summed E-state index contributed by atoms with van der Waals surface area (Å²) in [6.07, 6.45) is 16.6. The fourth-order valence-corrected chi connectivity index (χ4v) is 21.0. The number of rotatable bonds is 9. The van der Waals surface area contributed by atoms with E-state index in [0.717, 1.165) is 146 Å². The van der Waals surface area contributed by atoms with Crippen LogP contribution in [0.15, 0.2) is 383 Å². The Labute approximate surface area is 712 Å². The number of benzene rings is 12. The van der Waals surface area contributed by atoms with Crippen molar-refractivity contribution < 1.29 is 0 Å². The molecule has 15 nitrogen and oxygen atoms in total. The highest BCUT2D eigenvalue weighted by molar-refractivity contribution is 7.22. The molecular formula is C105H63N15S3. The van der Waals surface area contributed by atoms with Crippen LogP contribution in [0.25, 0.3) is 228 Å². The van der Waals surface area contributed by atoms with Crippen LogP contribution in [0.4, 0.5) is 0 Å². The van der Waals surface area contributed by atoms with Crippen molar-refractivity contribution >= 4 is 196 Å². The topological polar surface area (TPSA) is 146 Å². The van der Waals surface area contributed by atoms with Gasteiger partial charge < -0.3 is 27.4 Å². The number of thiazole rings is 3. The molecule has 0 unspecified atom stereocenters. The van der Waals surface area contributed by atoms with E-state index in [0.29, 0.717) is 0 Å². The molecule has 27 aromatic rings. The van der Waals surface area contributed by atoms with Gasteiger partial charge in [0.25, 0.3) is 0 Å². The summed E-state index contributed by atoms with van der Waals surface area (Å²) in [6, 6.07) is 116. The second-order valence-electron chi connectivity index (χ2n) is 30.6. The Bertz CT molecular complexity index is 7960. The molecule has 0 saturated heterocycles. The minimum absolute atomic E-state index is 0.865. The Morgan fingerprint density at radius 3 is 0.846 bits per heavy atom. The fraction of sp³-hybridized carbons (Fsp3) is 0. The molecule has 0 saturated carbocycles. The van der Waals surface area contributed by atoms with E-state index < -0.39 is 0 Å². The molecule has 0 radical (unpaired) electrons. The maximum absolute atomic E-state index is 4.87. The number of nitrogens with zero attached hydrogens (tertiary/aromatic N) is 15. The number of hydrogen-bond acceptors (Lipinski definition) is 12. The molecule has 18 heteroatoms. The van der Waals surface area contributed by atoms with Gasteiger partial charge in [0, 0.05) is 124 Å². The number of aromatic nitrogens is 15. The molecule has 0 spiro atoms. The summed E-state index contributed by atoms with van der Waals surface area (Å²) in [5.74, 6) is 0. The van der Waals surface area contributed by atoms with Gasteiger partial charge in [-0.15, -0.1) is 34.0 Å². The molecule has 0 atom stereocenters. The van der Waals surface area contributed by atoms with Crippen LogP contribution >= 0.6 is 34.0 Å². The first kappa shape index (κ1) is 70.1. The standard InChI is InChI=1S/C36H22N4S.C35H21N5S.C34H20N6S/c1-2-8-24(9-3-1)39-31-12-6-4-10-26(31)28-21-34-29(20-33(28)39)27-11-5-7-13-32(27)40(34)25-16-14-23(15-17-25)36-38-30-22-37-19-18-35(30)41-36;1-2-8-22(9-3-1)39-30-12-6-4-10-24(30)26-19-33-27(18-32(26)39)25-11-5-7-13-31(25)40(33)23-14-15-28(37-20-23)35-38-29-21-36-17-16-34(29)41-35;1-2-6-22(7-3-1)39-27-8-4-15-36-32(27)24-19-30-25(18-29(24)39)33-28(9-5-16-37-33)40(30)23-12-10-21(11-13-23)34-38-26-20-35-17-14-31(26)41-34/h1-22H;1-21H;1-20H. The molecule has 0 amide bonds. The van der Waals surface area contributed by atoms with Crippen LogP contribution in [0, 0.1) is 0 Å². The summed E-state index contributed by atoms with van der Waals surface area (Å²) in [5, 5.41) is 15.0. The van der Waals surface area contributed by atoms with Crippen LogP contribution in [0.1, 0.15) is 0 Å². The lowest BCUT2D eigenvalue weighted by Crippen LogP contribution is -1.96. The lowest BCUT2D eigenvalue weighted by molar-refractivity contribution is 1.14. The lowest BCUT2D eigenvalue weighted by Gasteiger charge is -2.09. The molecule has 15 heterocycles. The number of pyridine rings is 6. The van der Waals surface area contributed by atoms with Gasteiger partial charge in [0.05, 0.1) is 128 Å².